The van der Waals surface area contributed by atoms with Crippen molar-refractivity contribution in [3.05, 3.63) is 23.8 Å². The number of hydrogen-bond acceptors (Lipinski definition) is 5. The fourth-order valence-electron chi connectivity index (χ4n) is 2.40. The molecule has 0 aliphatic rings. The molecule has 2 N–H and O–H groups in total. The summed E-state index contributed by atoms with van der Waals surface area (Å²) in [5.74, 6) is 0.970. The summed E-state index contributed by atoms with van der Waals surface area (Å²) in [6, 6.07) is 4.62. The van der Waals surface area contributed by atoms with E-state index in [-0.39, 0.29) is 42.2 Å². The van der Waals surface area contributed by atoms with Gasteiger partial charge in [0.1, 0.15) is 11.5 Å². The van der Waals surface area contributed by atoms with Crippen LogP contribution in [0.2, 0.25) is 0 Å². The molecular weight excluding hydrogens is 499 g/mol. The molecule has 0 spiro atoms. The third-order valence-corrected chi connectivity index (χ3v) is 3.81. The zero-order valence-corrected chi connectivity index (χ0v) is 19.3. The summed E-state index contributed by atoms with van der Waals surface area (Å²) >= 11 is 0. The van der Waals surface area contributed by atoms with Crippen molar-refractivity contribution >= 4 is 35.9 Å². The van der Waals surface area contributed by atoms with Crippen LogP contribution in [0, 0.1) is 0 Å². The molecule has 1 aromatic carbocycles. The predicted octanol–water partition coefficient (Wildman–Crippen LogP) is 3.70. The molecular formula is C19H30F2IN3O4. The number of halogens is 3. The number of aliphatic imine (C=N–C) groups is 1. The molecule has 0 aliphatic carbocycles. The zero-order chi connectivity index (χ0) is 20.8. The Balaban J connectivity index is 0.00000784. The highest BCUT2D eigenvalue weighted by atomic mass is 127. The smallest absolute Gasteiger partial charge is 0.387 e. The highest BCUT2D eigenvalue weighted by Crippen LogP contribution is 2.26. The SMILES string of the molecule is CCNC(=NCc1cc(OC)ccc1OC(F)F)NCCCCCC(=O)OC.I. The van der Waals surface area contributed by atoms with Gasteiger partial charge in [-0.2, -0.15) is 8.78 Å². The lowest BCUT2D eigenvalue weighted by molar-refractivity contribution is -0.140. The maximum absolute atomic E-state index is 12.6. The summed E-state index contributed by atoms with van der Waals surface area (Å²) in [5.41, 5.74) is 0.495. The lowest BCUT2D eigenvalue weighted by Crippen LogP contribution is -2.37. The molecule has 0 bridgehead atoms. The van der Waals surface area contributed by atoms with Crippen LogP contribution < -0.4 is 20.1 Å². The molecule has 0 heterocycles. The van der Waals surface area contributed by atoms with Gasteiger partial charge in [-0.3, -0.25) is 4.79 Å². The molecule has 0 saturated heterocycles. The van der Waals surface area contributed by atoms with Gasteiger partial charge in [0.05, 0.1) is 20.8 Å². The van der Waals surface area contributed by atoms with Gasteiger partial charge in [0.2, 0.25) is 0 Å². The molecule has 0 fully saturated rings. The molecule has 1 rings (SSSR count). The average molecular weight is 529 g/mol. The van der Waals surface area contributed by atoms with Crippen molar-refractivity contribution in [3.8, 4) is 11.5 Å². The number of carbonyl (C=O) groups is 1. The van der Waals surface area contributed by atoms with Gasteiger partial charge in [-0.15, -0.1) is 24.0 Å². The molecule has 0 saturated carbocycles. The summed E-state index contributed by atoms with van der Waals surface area (Å²) in [5, 5.41) is 6.29. The van der Waals surface area contributed by atoms with Crippen LogP contribution in [0.5, 0.6) is 11.5 Å². The molecule has 0 atom stereocenters. The topological polar surface area (TPSA) is 81.2 Å². The Morgan fingerprint density at radius 1 is 1.17 bits per heavy atom. The number of alkyl halides is 2. The van der Waals surface area contributed by atoms with Crippen LogP contribution in [0.25, 0.3) is 0 Å². The van der Waals surface area contributed by atoms with Crippen molar-refractivity contribution in [2.75, 3.05) is 27.3 Å². The van der Waals surface area contributed by atoms with Gasteiger partial charge in [-0.05, 0) is 38.0 Å². The van der Waals surface area contributed by atoms with Crippen LogP contribution in [0.3, 0.4) is 0 Å². The molecule has 7 nitrogen and oxygen atoms in total. The number of nitrogens with zero attached hydrogens (tertiary/aromatic N) is 1. The first kappa shape index (κ1) is 27.1. The quantitative estimate of drug-likeness (QED) is 0.141. The zero-order valence-electron chi connectivity index (χ0n) is 17.0. The monoisotopic (exact) mass is 529 g/mol. The second-order valence-corrected chi connectivity index (χ2v) is 5.86. The maximum Gasteiger partial charge on any atom is 0.387 e. The van der Waals surface area contributed by atoms with Crippen LogP contribution in [-0.4, -0.2) is 45.8 Å². The number of guanidine groups is 1. The Bertz CT molecular complexity index is 633. The highest BCUT2D eigenvalue weighted by Gasteiger charge is 2.11. The van der Waals surface area contributed by atoms with Crippen LogP contribution >= 0.6 is 24.0 Å². The number of esters is 1. The summed E-state index contributed by atoms with van der Waals surface area (Å²) in [4.78, 5) is 15.5. The summed E-state index contributed by atoms with van der Waals surface area (Å²) < 4.78 is 39.5. The average Bonchev–Trinajstić information content (AvgIpc) is 2.68. The van der Waals surface area contributed by atoms with E-state index in [1.807, 2.05) is 6.92 Å². The number of methoxy groups -OCH3 is 2. The second-order valence-electron chi connectivity index (χ2n) is 5.86. The van der Waals surface area contributed by atoms with Crippen molar-refractivity contribution in [3.63, 3.8) is 0 Å². The van der Waals surface area contributed by atoms with Crippen LogP contribution in [-0.2, 0) is 16.1 Å². The third-order valence-electron chi connectivity index (χ3n) is 3.81. The minimum Gasteiger partial charge on any atom is -0.497 e. The van der Waals surface area contributed by atoms with E-state index in [2.05, 4.69) is 25.1 Å². The molecule has 10 heteroatoms. The summed E-state index contributed by atoms with van der Waals surface area (Å²) in [6.45, 7) is 0.506. The first-order chi connectivity index (χ1) is 13.5. The molecule has 0 radical (unpaired) electrons. The van der Waals surface area contributed by atoms with E-state index in [0.717, 1.165) is 19.3 Å². The van der Waals surface area contributed by atoms with Gasteiger partial charge in [0, 0.05) is 25.1 Å². The molecule has 1 aromatic rings. The first-order valence-corrected chi connectivity index (χ1v) is 9.20. The largest absolute Gasteiger partial charge is 0.497 e. The van der Waals surface area contributed by atoms with Gasteiger partial charge in [-0.1, -0.05) is 6.42 Å². The highest BCUT2D eigenvalue weighted by molar-refractivity contribution is 14.0. The number of rotatable bonds is 12. The van der Waals surface area contributed by atoms with Gasteiger partial charge >= 0.3 is 12.6 Å². The van der Waals surface area contributed by atoms with Gasteiger partial charge in [-0.25, -0.2) is 4.99 Å². The Labute approximate surface area is 187 Å². The van der Waals surface area contributed by atoms with Crippen molar-refractivity contribution in [1.82, 2.24) is 10.6 Å². The minimum atomic E-state index is -2.91. The van der Waals surface area contributed by atoms with E-state index in [1.54, 1.807) is 12.1 Å². The first-order valence-electron chi connectivity index (χ1n) is 9.20. The molecule has 29 heavy (non-hydrogen) atoms. The van der Waals surface area contributed by atoms with Gasteiger partial charge in [0.25, 0.3) is 0 Å². The van der Waals surface area contributed by atoms with Crippen LogP contribution in [0.4, 0.5) is 8.78 Å². The van der Waals surface area contributed by atoms with E-state index >= 15 is 0 Å². The van der Waals surface area contributed by atoms with Gasteiger partial charge < -0.3 is 24.8 Å². The fraction of sp³-hybridized carbons (Fsp3) is 0.579. The molecule has 0 unspecified atom stereocenters. The van der Waals surface area contributed by atoms with Crippen molar-refractivity contribution < 1.29 is 27.8 Å². The van der Waals surface area contributed by atoms with Crippen molar-refractivity contribution in [2.45, 2.75) is 45.8 Å². The van der Waals surface area contributed by atoms with Crippen LogP contribution in [0.15, 0.2) is 23.2 Å². The minimum absolute atomic E-state index is 0. The predicted molar refractivity (Wildman–Crippen MR) is 118 cm³/mol. The summed E-state index contributed by atoms with van der Waals surface area (Å²) in [6.07, 6.45) is 2.91. The van der Waals surface area contributed by atoms with E-state index < -0.39 is 6.61 Å². The Morgan fingerprint density at radius 2 is 1.93 bits per heavy atom. The number of ether oxygens (including phenoxy) is 3. The molecule has 0 amide bonds. The van der Waals surface area contributed by atoms with E-state index in [4.69, 9.17) is 4.74 Å². The lowest BCUT2D eigenvalue weighted by atomic mass is 10.2. The van der Waals surface area contributed by atoms with E-state index in [1.165, 1.54) is 20.3 Å². The summed E-state index contributed by atoms with van der Waals surface area (Å²) in [7, 11) is 2.88. The van der Waals surface area contributed by atoms with Crippen LogP contribution in [0.1, 0.15) is 38.2 Å². The van der Waals surface area contributed by atoms with Crippen molar-refractivity contribution in [2.24, 2.45) is 4.99 Å². The van der Waals surface area contributed by atoms with Gasteiger partial charge in [0.15, 0.2) is 5.96 Å². The molecule has 166 valence electrons. The van der Waals surface area contributed by atoms with Crippen molar-refractivity contribution in [1.29, 1.82) is 0 Å². The normalized spacial score (nSPS) is 10.9. The Hall–Kier alpha value is -1.85. The van der Waals surface area contributed by atoms with E-state index in [0.29, 0.717) is 36.8 Å². The number of unbranched alkanes of at least 4 members (excludes halogenated alkanes) is 2. The Morgan fingerprint density at radius 3 is 2.55 bits per heavy atom. The number of hydrogen-bond donors (Lipinski definition) is 2. The number of carbonyl (C=O) groups excluding carboxylic acids is 1. The van der Waals surface area contributed by atoms with E-state index in [9.17, 15) is 13.6 Å². The molecule has 0 aliphatic heterocycles. The standard InChI is InChI=1S/C19H29F2N3O4.HI/c1-4-22-19(23-11-7-5-6-8-17(25)27-3)24-13-14-12-15(26-2)9-10-16(14)28-18(20)21;/h9-10,12,18H,4-8,11,13H2,1-3H3,(H2,22,23,24);1H. The lowest BCUT2D eigenvalue weighted by Gasteiger charge is -2.13. The molecule has 0 aromatic heterocycles. The third kappa shape index (κ3) is 11.7. The fourth-order valence-corrected chi connectivity index (χ4v) is 2.40. The maximum atomic E-state index is 12.6. The number of benzene rings is 1. The second kappa shape index (κ2) is 16.0. The Kier molecular flexibility index (Phi) is 15.0. The number of nitrogens with one attached hydrogen (secondary N) is 2.